The van der Waals surface area contributed by atoms with Gasteiger partial charge in [-0.05, 0) is 42.6 Å². The minimum absolute atomic E-state index is 0.0970. The second-order valence-corrected chi connectivity index (χ2v) is 7.18. The van der Waals surface area contributed by atoms with Crippen LogP contribution in [0, 0.1) is 5.82 Å². The molecule has 0 unspecified atom stereocenters. The third-order valence-corrected chi connectivity index (χ3v) is 5.26. The van der Waals surface area contributed by atoms with Crippen LogP contribution in [-0.2, 0) is 20.9 Å². The van der Waals surface area contributed by atoms with Crippen LogP contribution >= 0.6 is 22.7 Å². The molecule has 0 saturated heterocycles. The van der Waals surface area contributed by atoms with Crippen LogP contribution in [0.2, 0.25) is 0 Å². The van der Waals surface area contributed by atoms with Crippen molar-refractivity contribution in [3.63, 3.8) is 0 Å². The predicted octanol–water partition coefficient (Wildman–Crippen LogP) is 3.61. The van der Waals surface area contributed by atoms with Gasteiger partial charge in [0, 0.05) is 11.0 Å². The Morgan fingerprint density at radius 2 is 2.19 bits per heavy atom. The fraction of sp³-hybridized carbons (Fsp3) is 0.167. The van der Waals surface area contributed by atoms with Crippen LogP contribution in [0.25, 0.3) is 16.3 Å². The first-order valence-electron chi connectivity index (χ1n) is 7.81. The summed E-state index contributed by atoms with van der Waals surface area (Å²) in [7, 11) is 0. The van der Waals surface area contributed by atoms with Crippen LogP contribution in [0.1, 0.15) is 11.8 Å². The number of halogens is 1. The molecule has 0 aliphatic carbocycles. The summed E-state index contributed by atoms with van der Waals surface area (Å²) in [5, 5.41) is 1.91. The average Bonchev–Trinajstić information content (AvgIpc) is 3.22. The molecule has 8 heteroatoms. The summed E-state index contributed by atoms with van der Waals surface area (Å²) in [6, 6.07) is 7.99. The molecule has 0 bridgehead atoms. The number of fused-ring (bicyclic) bond motifs is 1. The molecule has 26 heavy (non-hydrogen) atoms. The van der Waals surface area contributed by atoms with Crippen LogP contribution in [0.3, 0.4) is 0 Å². The minimum Gasteiger partial charge on any atom is -0.465 e. The van der Waals surface area contributed by atoms with Crippen molar-refractivity contribution in [3.05, 3.63) is 57.3 Å². The number of nitrogens with zero attached hydrogens (tertiary/aromatic N) is 2. The highest BCUT2D eigenvalue weighted by Gasteiger charge is 2.12. The molecule has 2 heterocycles. The van der Waals surface area contributed by atoms with Crippen molar-refractivity contribution < 1.29 is 18.7 Å². The molecule has 0 spiro atoms. The van der Waals surface area contributed by atoms with E-state index in [-0.39, 0.29) is 13.2 Å². The summed E-state index contributed by atoms with van der Waals surface area (Å²) in [6.07, 6.45) is 3.05. The molecule has 0 aliphatic rings. The van der Waals surface area contributed by atoms with Gasteiger partial charge in [0.1, 0.15) is 12.4 Å². The summed E-state index contributed by atoms with van der Waals surface area (Å²) in [6.45, 7) is 1.87. The molecule has 2 aromatic heterocycles. The Balaban J connectivity index is 1.99. The van der Waals surface area contributed by atoms with E-state index in [0.717, 1.165) is 16.2 Å². The van der Waals surface area contributed by atoms with Crippen molar-refractivity contribution in [2.45, 2.75) is 13.5 Å². The van der Waals surface area contributed by atoms with Gasteiger partial charge in [-0.25, -0.2) is 4.39 Å². The molecule has 1 amide bonds. The van der Waals surface area contributed by atoms with Crippen molar-refractivity contribution in [1.29, 1.82) is 0 Å². The van der Waals surface area contributed by atoms with Gasteiger partial charge < -0.3 is 9.30 Å². The van der Waals surface area contributed by atoms with Gasteiger partial charge in [0.15, 0.2) is 4.80 Å². The van der Waals surface area contributed by atoms with E-state index in [0.29, 0.717) is 15.0 Å². The number of rotatable bonds is 5. The molecule has 3 rings (SSSR count). The number of carbonyl (C=O) groups excluding carboxylic acids is 2. The number of hydrogen-bond donors (Lipinski definition) is 0. The number of ether oxygens (including phenoxy) is 1. The van der Waals surface area contributed by atoms with Crippen molar-refractivity contribution in [2.24, 2.45) is 4.99 Å². The number of carbonyl (C=O) groups is 2. The van der Waals surface area contributed by atoms with E-state index in [1.165, 1.54) is 29.5 Å². The van der Waals surface area contributed by atoms with Gasteiger partial charge in [-0.3, -0.25) is 9.59 Å². The highest BCUT2D eigenvalue weighted by atomic mass is 32.1. The van der Waals surface area contributed by atoms with E-state index in [1.54, 1.807) is 23.6 Å². The fourth-order valence-corrected chi connectivity index (χ4v) is 3.97. The molecular weight excluding hydrogens is 375 g/mol. The maximum absolute atomic E-state index is 13.5. The highest BCUT2D eigenvalue weighted by Crippen LogP contribution is 2.19. The molecule has 0 saturated carbocycles. The number of amides is 1. The van der Waals surface area contributed by atoms with Gasteiger partial charge in [0.2, 0.25) is 0 Å². The smallest absolute Gasteiger partial charge is 0.326 e. The van der Waals surface area contributed by atoms with Crippen LogP contribution in [-0.4, -0.2) is 23.1 Å². The standard InChI is InChI=1S/C18H15FN2O3S2/c1-2-24-17(23)11-21-14-7-5-12(19)10-15(14)26-18(21)20-16(22)8-6-13-4-3-9-25-13/h3-10H,2,11H2,1H3. The summed E-state index contributed by atoms with van der Waals surface area (Å²) in [4.78, 5) is 29.4. The molecule has 0 fully saturated rings. The number of aromatic nitrogens is 1. The van der Waals surface area contributed by atoms with Crippen molar-refractivity contribution in [3.8, 4) is 0 Å². The lowest BCUT2D eigenvalue weighted by Crippen LogP contribution is -2.22. The third kappa shape index (κ3) is 4.33. The molecule has 1 aromatic carbocycles. The largest absolute Gasteiger partial charge is 0.465 e. The lowest BCUT2D eigenvalue weighted by Gasteiger charge is -2.04. The van der Waals surface area contributed by atoms with Gasteiger partial charge in [-0.2, -0.15) is 4.99 Å². The van der Waals surface area contributed by atoms with Crippen molar-refractivity contribution in [1.82, 2.24) is 4.57 Å². The monoisotopic (exact) mass is 390 g/mol. The van der Waals surface area contributed by atoms with Gasteiger partial charge >= 0.3 is 5.97 Å². The first kappa shape index (κ1) is 18.2. The maximum Gasteiger partial charge on any atom is 0.326 e. The molecule has 134 valence electrons. The quantitative estimate of drug-likeness (QED) is 0.494. The number of benzene rings is 1. The highest BCUT2D eigenvalue weighted by molar-refractivity contribution is 7.16. The third-order valence-electron chi connectivity index (χ3n) is 3.38. The summed E-state index contributed by atoms with van der Waals surface area (Å²) in [5.74, 6) is -1.29. The SMILES string of the molecule is CCOC(=O)Cn1c(=NC(=O)C=Cc2cccs2)sc2cc(F)ccc21. The number of thiophene rings is 1. The number of thiazole rings is 1. The molecule has 3 aromatic rings. The number of hydrogen-bond acceptors (Lipinski definition) is 5. The summed E-state index contributed by atoms with van der Waals surface area (Å²) in [5.41, 5.74) is 0.623. The van der Waals surface area contributed by atoms with E-state index in [9.17, 15) is 14.0 Å². The molecular formula is C18H15FN2O3S2. The normalized spacial score (nSPS) is 12.2. The van der Waals surface area contributed by atoms with Crippen LogP contribution in [0.15, 0.2) is 46.8 Å². The molecule has 0 atom stereocenters. The minimum atomic E-state index is -0.456. The molecule has 5 nitrogen and oxygen atoms in total. The van der Waals surface area contributed by atoms with Crippen molar-refractivity contribution >= 4 is 50.8 Å². The van der Waals surface area contributed by atoms with Crippen LogP contribution in [0.5, 0.6) is 0 Å². The zero-order valence-corrected chi connectivity index (χ0v) is 15.5. The Labute approximate surface area is 156 Å². The van der Waals surface area contributed by atoms with E-state index >= 15 is 0 Å². The second kappa shape index (κ2) is 8.20. The lowest BCUT2D eigenvalue weighted by atomic mass is 10.3. The van der Waals surface area contributed by atoms with E-state index in [2.05, 4.69) is 4.99 Å². The molecule has 0 radical (unpaired) electrons. The predicted molar refractivity (Wildman–Crippen MR) is 100 cm³/mol. The van der Waals surface area contributed by atoms with Gasteiger partial charge in [-0.15, -0.1) is 11.3 Å². The first-order chi connectivity index (χ1) is 12.6. The summed E-state index contributed by atoms with van der Waals surface area (Å²) < 4.78 is 20.6. The zero-order valence-electron chi connectivity index (χ0n) is 13.8. The Morgan fingerprint density at radius 3 is 2.92 bits per heavy atom. The van der Waals surface area contributed by atoms with Crippen molar-refractivity contribution in [2.75, 3.05) is 6.61 Å². The van der Waals surface area contributed by atoms with E-state index < -0.39 is 17.7 Å². The summed E-state index contributed by atoms with van der Waals surface area (Å²) >= 11 is 2.65. The van der Waals surface area contributed by atoms with E-state index in [4.69, 9.17) is 4.74 Å². The second-order valence-electron chi connectivity index (χ2n) is 5.19. The number of esters is 1. The Kier molecular flexibility index (Phi) is 5.75. The van der Waals surface area contributed by atoms with E-state index in [1.807, 2.05) is 17.5 Å². The Hall–Kier alpha value is -2.58. The maximum atomic E-state index is 13.5. The molecule has 0 aliphatic heterocycles. The van der Waals surface area contributed by atoms with Gasteiger partial charge in [-0.1, -0.05) is 17.4 Å². The Morgan fingerprint density at radius 1 is 1.35 bits per heavy atom. The zero-order chi connectivity index (χ0) is 18.5. The topological polar surface area (TPSA) is 60.7 Å². The lowest BCUT2D eigenvalue weighted by molar-refractivity contribution is -0.143. The van der Waals surface area contributed by atoms with Gasteiger partial charge in [0.05, 0.1) is 16.8 Å². The fourth-order valence-electron chi connectivity index (χ4n) is 2.29. The van der Waals surface area contributed by atoms with Crippen LogP contribution in [0.4, 0.5) is 4.39 Å². The van der Waals surface area contributed by atoms with Gasteiger partial charge in [0.25, 0.3) is 5.91 Å². The first-order valence-corrected chi connectivity index (χ1v) is 9.51. The Bertz CT molecular complexity index is 1030. The molecule has 0 N–H and O–H groups in total. The average molecular weight is 390 g/mol. The van der Waals surface area contributed by atoms with Crippen LogP contribution < -0.4 is 4.80 Å².